The highest BCUT2D eigenvalue weighted by atomic mass is 35.5. The molecule has 158 valence electrons. The van der Waals surface area contributed by atoms with Crippen molar-refractivity contribution in [3.05, 3.63) is 52.8 Å². The fraction of sp³-hybridized carbons (Fsp3) is 0.316. The first-order valence-corrected chi connectivity index (χ1v) is 10.7. The molecule has 0 heterocycles. The Morgan fingerprint density at radius 2 is 1.76 bits per heavy atom. The third kappa shape index (κ3) is 5.74. The first-order valence-electron chi connectivity index (χ1n) is 8.51. The highest BCUT2D eigenvalue weighted by molar-refractivity contribution is 7.92. The molecule has 0 saturated carbocycles. The van der Waals surface area contributed by atoms with Gasteiger partial charge >= 0.3 is 0 Å². The summed E-state index contributed by atoms with van der Waals surface area (Å²) in [6.07, 6.45) is 0.976. The molecule has 0 bridgehead atoms. The van der Waals surface area contributed by atoms with Gasteiger partial charge in [-0.2, -0.15) is 0 Å². The van der Waals surface area contributed by atoms with Gasteiger partial charge in [-0.05, 0) is 24.6 Å². The van der Waals surface area contributed by atoms with E-state index in [0.717, 1.165) is 10.6 Å². The summed E-state index contributed by atoms with van der Waals surface area (Å²) in [6, 6.07) is 8.00. The fourth-order valence-corrected chi connectivity index (χ4v) is 3.76. The number of hydrogen-bond acceptors (Lipinski definition) is 5. The molecule has 2 aromatic carbocycles. The van der Waals surface area contributed by atoms with Gasteiger partial charge in [-0.3, -0.25) is 9.10 Å². The molecule has 0 aromatic heterocycles. The number of anilines is 1. The van der Waals surface area contributed by atoms with Crippen molar-refractivity contribution in [2.75, 3.05) is 31.3 Å². The van der Waals surface area contributed by atoms with E-state index in [0.29, 0.717) is 5.56 Å². The molecule has 0 spiro atoms. The van der Waals surface area contributed by atoms with Crippen LogP contribution in [0.25, 0.3) is 0 Å². The maximum atomic E-state index is 13.1. The van der Waals surface area contributed by atoms with Gasteiger partial charge in [-0.1, -0.05) is 23.7 Å². The summed E-state index contributed by atoms with van der Waals surface area (Å²) in [5.74, 6) is -0.542. The van der Waals surface area contributed by atoms with Crippen molar-refractivity contribution in [3.63, 3.8) is 0 Å². The minimum absolute atomic E-state index is 0.112. The van der Waals surface area contributed by atoms with E-state index in [9.17, 15) is 17.6 Å². The Bertz CT molecular complexity index is 983. The van der Waals surface area contributed by atoms with E-state index in [1.807, 2.05) is 0 Å². The van der Waals surface area contributed by atoms with E-state index in [1.54, 1.807) is 19.1 Å². The van der Waals surface area contributed by atoms with Crippen molar-refractivity contribution in [1.82, 2.24) is 5.32 Å². The lowest BCUT2D eigenvalue weighted by Crippen LogP contribution is -2.41. The highest BCUT2D eigenvalue weighted by Gasteiger charge is 2.26. The number of methoxy groups -OCH3 is 2. The van der Waals surface area contributed by atoms with Crippen molar-refractivity contribution in [3.8, 4) is 11.5 Å². The van der Waals surface area contributed by atoms with E-state index in [-0.39, 0.29) is 28.0 Å². The van der Waals surface area contributed by atoms with Gasteiger partial charge in [0, 0.05) is 12.1 Å². The molecular formula is C19H22ClFN2O5S. The van der Waals surface area contributed by atoms with Gasteiger partial charge in [0.15, 0.2) is 0 Å². The smallest absolute Gasteiger partial charge is 0.241 e. The van der Waals surface area contributed by atoms with Crippen LogP contribution >= 0.6 is 11.6 Å². The number of carbonyl (C=O) groups is 1. The predicted octanol–water partition coefficient (Wildman–Crippen LogP) is 3.14. The van der Waals surface area contributed by atoms with Crippen LogP contribution in [0.1, 0.15) is 18.5 Å². The molecule has 1 atom stereocenters. The van der Waals surface area contributed by atoms with E-state index >= 15 is 0 Å². The van der Waals surface area contributed by atoms with Gasteiger partial charge in [-0.25, -0.2) is 12.8 Å². The van der Waals surface area contributed by atoms with Gasteiger partial charge in [0.05, 0.1) is 37.2 Å². The lowest BCUT2D eigenvalue weighted by atomic mass is 10.1. The van der Waals surface area contributed by atoms with Crippen LogP contribution < -0.4 is 19.1 Å². The van der Waals surface area contributed by atoms with Crippen molar-refractivity contribution in [2.45, 2.75) is 13.0 Å². The van der Waals surface area contributed by atoms with Crippen LogP contribution in [0.2, 0.25) is 5.02 Å². The summed E-state index contributed by atoms with van der Waals surface area (Å²) in [7, 11) is -1.10. The van der Waals surface area contributed by atoms with Crippen LogP contribution in [-0.2, 0) is 14.8 Å². The van der Waals surface area contributed by atoms with Gasteiger partial charge in [0.1, 0.15) is 23.9 Å². The van der Waals surface area contributed by atoms with E-state index in [4.69, 9.17) is 21.1 Å². The molecule has 7 nitrogen and oxygen atoms in total. The minimum Gasteiger partial charge on any atom is -0.495 e. The van der Waals surface area contributed by atoms with Crippen LogP contribution in [0.15, 0.2) is 36.4 Å². The molecule has 0 aliphatic heterocycles. The average molecular weight is 445 g/mol. The average Bonchev–Trinajstić information content (AvgIpc) is 2.65. The maximum Gasteiger partial charge on any atom is 0.241 e. The van der Waals surface area contributed by atoms with Crippen LogP contribution in [0.3, 0.4) is 0 Å². The number of nitrogens with one attached hydrogen (secondary N) is 1. The van der Waals surface area contributed by atoms with Crippen molar-refractivity contribution < 1.29 is 27.1 Å². The molecule has 2 rings (SSSR count). The molecule has 10 heteroatoms. The number of carbonyl (C=O) groups excluding carboxylic acids is 1. The lowest BCUT2D eigenvalue weighted by molar-refractivity contribution is -0.120. The topological polar surface area (TPSA) is 84.9 Å². The lowest BCUT2D eigenvalue weighted by Gasteiger charge is -2.25. The predicted molar refractivity (Wildman–Crippen MR) is 110 cm³/mol. The number of sulfonamides is 1. The molecule has 0 aliphatic rings. The van der Waals surface area contributed by atoms with Crippen molar-refractivity contribution in [1.29, 1.82) is 0 Å². The van der Waals surface area contributed by atoms with Crippen LogP contribution in [-0.4, -0.2) is 41.3 Å². The Morgan fingerprint density at radius 3 is 2.28 bits per heavy atom. The van der Waals surface area contributed by atoms with E-state index < -0.39 is 28.5 Å². The molecule has 0 unspecified atom stereocenters. The summed E-state index contributed by atoms with van der Waals surface area (Å²) < 4.78 is 49.1. The summed E-state index contributed by atoms with van der Waals surface area (Å²) in [5.41, 5.74) is 0.789. The Labute approximate surface area is 174 Å². The maximum absolute atomic E-state index is 13.1. The first kappa shape index (κ1) is 22.8. The zero-order valence-electron chi connectivity index (χ0n) is 16.4. The van der Waals surface area contributed by atoms with Crippen LogP contribution in [0.4, 0.5) is 10.1 Å². The third-order valence-corrected chi connectivity index (χ3v) is 5.58. The van der Waals surface area contributed by atoms with Crippen molar-refractivity contribution >= 4 is 33.2 Å². The summed E-state index contributed by atoms with van der Waals surface area (Å²) >= 11 is 6.07. The van der Waals surface area contributed by atoms with E-state index in [1.165, 1.54) is 38.5 Å². The van der Waals surface area contributed by atoms with E-state index in [2.05, 4.69) is 5.32 Å². The number of benzene rings is 2. The van der Waals surface area contributed by atoms with Gasteiger partial charge in [0.25, 0.3) is 0 Å². The number of ether oxygens (including phenoxy) is 2. The molecular weight excluding hydrogens is 423 g/mol. The van der Waals surface area contributed by atoms with Gasteiger partial charge < -0.3 is 14.8 Å². The Balaban J connectivity index is 2.30. The number of rotatable bonds is 8. The first-order chi connectivity index (χ1) is 13.6. The zero-order valence-corrected chi connectivity index (χ0v) is 18.0. The largest absolute Gasteiger partial charge is 0.495 e. The molecule has 0 fully saturated rings. The fourth-order valence-electron chi connectivity index (χ4n) is 2.67. The molecule has 2 aromatic rings. The molecule has 0 radical (unpaired) electrons. The molecule has 1 N–H and O–H groups in total. The van der Waals surface area contributed by atoms with Crippen LogP contribution in [0, 0.1) is 5.82 Å². The molecule has 29 heavy (non-hydrogen) atoms. The number of nitrogens with zero attached hydrogens (tertiary/aromatic N) is 1. The minimum atomic E-state index is -3.85. The standard InChI is InChI=1S/C19H22ClFN2O5S/c1-12(13-5-7-14(21)8-6-13)22-19(24)11-23(29(4,25)26)16-10-17(27-2)15(20)9-18(16)28-3/h5-10,12H,11H2,1-4H3,(H,22,24)/t12-/m1/s1. The van der Waals surface area contributed by atoms with Crippen molar-refractivity contribution in [2.24, 2.45) is 0 Å². The zero-order chi connectivity index (χ0) is 21.8. The molecule has 0 saturated heterocycles. The Kier molecular flexibility index (Phi) is 7.32. The quantitative estimate of drug-likeness (QED) is 0.676. The SMILES string of the molecule is COc1cc(N(CC(=O)N[C@H](C)c2ccc(F)cc2)S(C)(=O)=O)c(OC)cc1Cl. The van der Waals surface area contributed by atoms with Crippen LogP contribution in [0.5, 0.6) is 11.5 Å². The normalized spacial score (nSPS) is 12.2. The molecule has 0 aliphatic carbocycles. The Hall–Kier alpha value is -2.52. The summed E-state index contributed by atoms with van der Waals surface area (Å²) in [5, 5.41) is 2.93. The number of amides is 1. The highest BCUT2D eigenvalue weighted by Crippen LogP contribution is 2.38. The monoisotopic (exact) mass is 444 g/mol. The number of hydrogen-bond donors (Lipinski definition) is 1. The third-order valence-electron chi connectivity index (χ3n) is 4.16. The van der Waals surface area contributed by atoms with Gasteiger partial charge in [-0.15, -0.1) is 0 Å². The second-order valence-corrected chi connectivity index (χ2v) is 8.58. The van der Waals surface area contributed by atoms with Gasteiger partial charge in [0.2, 0.25) is 15.9 Å². The summed E-state index contributed by atoms with van der Waals surface area (Å²) in [6.45, 7) is 1.22. The number of halogens is 2. The second kappa shape index (κ2) is 9.32. The molecule has 1 amide bonds. The second-order valence-electron chi connectivity index (χ2n) is 6.27. The Morgan fingerprint density at radius 1 is 1.17 bits per heavy atom. The summed E-state index contributed by atoms with van der Waals surface area (Å²) in [4.78, 5) is 12.6.